The molecule has 0 atom stereocenters. The van der Waals surface area contributed by atoms with Crippen LogP contribution in [0, 0.1) is 0 Å². The molecule has 26 heavy (non-hydrogen) atoms. The zero-order chi connectivity index (χ0) is 18.7. The Hall–Kier alpha value is -2.97. The minimum Gasteiger partial charge on any atom is -0.497 e. The highest BCUT2D eigenvalue weighted by atomic mass is 16.6. The van der Waals surface area contributed by atoms with Crippen molar-refractivity contribution >= 4 is 23.7 Å². The largest absolute Gasteiger partial charge is 0.497 e. The maximum Gasteiger partial charge on any atom is 0.417 e. The van der Waals surface area contributed by atoms with Crippen LogP contribution in [0.25, 0.3) is 0 Å². The number of methoxy groups -OCH3 is 2. The van der Waals surface area contributed by atoms with E-state index in [-0.39, 0.29) is 24.6 Å². The van der Waals surface area contributed by atoms with Gasteiger partial charge in [-0.15, -0.1) is 0 Å². The van der Waals surface area contributed by atoms with Crippen molar-refractivity contribution in [2.24, 2.45) is 0 Å². The van der Waals surface area contributed by atoms with Crippen LogP contribution < -0.4 is 14.8 Å². The summed E-state index contributed by atoms with van der Waals surface area (Å²) in [6, 6.07) is 4.64. The van der Waals surface area contributed by atoms with E-state index in [0.29, 0.717) is 43.1 Å². The fourth-order valence-electron chi connectivity index (χ4n) is 3.13. The Morgan fingerprint density at radius 2 is 1.73 bits per heavy atom. The Labute approximate surface area is 150 Å². The van der Waals surface area contributed by atoms with Gasteiger partial charge in [-0.05, 0) is 12.8 Å². The molecule has 0 unspecified atom stereocenters. The number of cyclic esters (lactones) is 1. The van der Waals surface area contributed by atoms with Crippen molar-refractivity contribution in [3.63, 3.8) is 0 Å². The Morgan fingerprint density at radius 1 is 1.12 bits per heavy atom. The van der Waals surface area contributed by atoms with Gasteiger partial charge in [0.05, 0.1) is 14.2 Å². The molecule has 0 bridgehead atoms. The molecule has 2 aliphatic heterocycles. The molecule has 2 saturated heterocycles. The Kier molecular flexibility index (Phi) is 5.15. The molecule has 2 aliphatic rings. The van der Waals surface area contributed by atoms with E-state index in [4.69, 9.17) is 14.2 Å². The topological polar surface area (TPSA) is 97.4 Å². The van der Waals surface area contributed by atoms with Crippen LogP contribution in [0.2, 0.25) is 0 Å². The number of hydrogen-bond donors (Lipinski definition) is 1. The first kappa shape index (κ1) is 17.8. The number of anilines is 1. The fourth-order valence-corrected chi connectivity index (χ4v) is 3.13. The van der Waals surface area contributed by atoms with E-state index in [1.54, 1.807) is 23.1 Å². The van der Waals surface area contributed by atoms with Gasteiger partial charge in [0.2, 0.25) is 0 Å². The number of carbonyl (C=O) groups is 3. The molecule has 0 radical (unpaired) electrons. The summed E-state index contributed by atoms with van der Waals surface area (Å²) >= 11 is 0. The first-order valence-electron chi connectivity index (χ1n) is 8.29. The van der Waals surface area contributed by atoms with Crippen LogP contribution in [0.4, 0.5) is 15.3 Å². The zero-order valence-corrected chi connectivity index (χ0v) is 14.7. The SMILES string of the molecule is COc1cc(NC(=O)N2CCC(N3C(=O)COC3=O)CC2)cc(OC)c1. The molecule has 0 aromatic heterocycles. The monoisotopic (exact) mass is 363 g/mol. The van der Waals surface area contributed by atoms with Gasteiger partial charge < -0.3 is 24.4 Å². The number of nitrogens with one attached hydrogen (secondary N) is 1. The number of nitrogens with zero attached hydrogens (tertiary/aromatic N) is 2. The number of carbonyl (C=O) groups excluding carboxylic acids is 3. The standard InChI is InChI=1S/C17H21N3O6/c1-24-13-7-11(8-14(9-13)25-2)18-16(22)19-5-3-12(4-6-19)20-15(21)10-26-17(20)23/h7-9,12H,3-6,10H2,1-2H3,(H,18,22). The van der Waals surface area contributed by atoms with Gasteiger partial charge in [0.15, 0.2) is 6.61 Å². The lowest BCUT2D eigenvalue weighted by molar-refractivity contribution is -0.127. The van der Waals surface area contributed by atoms with Crippen molar-refractivity contribution in [2.45, 2.75) is 18.9 Å². The van der Waals surface area contributed by atoms with Gasteiger partial charge >= 0.3 is 12.1 Å². The van der Waals surface area contributed by atoms with E-state index in [9.17, 15) is 14.4 Å². The van der Waals surface area contributed by atoms with Crippen molar-refractivity contribution in [3.8, 4) is 11.5 Å². The summed E-state index contributed by atoms with van der Waals surface area (Å²) in [7, 11) is 3.08. The van der Waals surface area contributed by atoms with E-state index >= 15 is 0 Å². The maximum atomic E-state index is 12.5. The third-order valence-corrected chi connectivity index (χ3v) is 4.50. The second kappa shape index (κ2) is 7.51. The van der Waals surface area contributed by atoms with E-state index in [0.717, 1.165) is 0 Å². The van der Waals surface area contributed by atoms with Gasteiger partial charge in [-0.3, -0.25) is 4.79 Å². The van der Waals surface area contributed by atoms with Crippen molar-refractivity contribution in [1.82, 2.24) is 9.80 Å². The molecule has 4 amide bonds. The third kappa shape index (κ3) is 3.66. The Morgan fingerprint density at radius 3 is 2.23 bits per heavy atom. The smallest absolute Gasteiger partial charge is 0.417 e. The number of urea groups is 1. The normalized spacial score (nSPS) is 17.9. The summed E-state index contributed by atoms with van der Waals surface area (Å²) in [6.07, 6.45) is 0.451. The lowest BCUT2D eigenvalue weighted by Gasteiger charge is -2.34. The number of amides is 4. The lowest BCUT2D eigenvalue weighted by Crippen LogP contribution is -2.49. The highest BCUT2D eigenvalue weighted by Gasteiger charge is 2.39. The molecule has 2 fully saturated rings. The number of hydrogen-bond acceptors (Lipinski definition) is 6. The number of ether oxygens (including phenoxy) is 3. The quantitative estimate of drug-likeness (QED) is 0.874. The second-order valence-corrected chi connectivity index (χ2v) is 6.07. The van der Waals surface area contributed by atoms with Gasteiger partial charge in [0.1, 0.15) is 11.5 Å². The first-order valence-corrected chi connectivity index (χ1v) is 8.29. The van der Waals surface area contributed by atoms with Crippen molar-refractivity contribution in [2.75, 3.05) is 39.2 Å². The van der Waals surface area contributed by atoms with E-state index < -0.39 is 6.09 Å². The van der Waals surface area contributed by atoms with Gasteiger partial charge in [0.25, 0.3) is 5.91 Å². The van der Waals surface area contributed by atoms with Crippen LogP contribution in [-0.4, -0.2) is 67.8 Å². The van der Waals surface area contributed by atoms with Crippen LogP contribution in [0.1, 0.15) is 12.8 Å². The van der Waals surface area contributed by atoms with Crippen molar-refractivity contribution in [3.05, 3.63) is 18.2 Å². The molecular weight excluding hydrogens is 342 g/mol. The number of imide groups is 1. The molecule has 0 aliphatic carbocycles. The zero-order valence-electron chi connectivity index (χ0n) is 14.7. The summed E-state index contributed by atoms with van der Waals surface area (Å²) in [5.41, 5.74) is 0.562. The average molecular weight is 363 g/mol. The molecule has 9 heteroatoms. The predicted octanol–water partition coefficient (Wildman–Crippen LogP) is 1.68. The first-order chi connectivity index (χ1) is 12.5. The fraction of sp³-hybridized carbons (Fsp3) is 0.471. The second-order valence-electron chi connectivity index (χ2n) is 6.07. The number of benzene rings is 1. The van der Waals surface area contributed by atoms with Crippen LogP contribution in [-0.2, 0) is 9.53 Å². The highest BCUT2D eigenvalue weighted by molar-refractivity contribution is 5.98. The van der Waals surface area contributed by atoms with Gasteiger partial charge in [-0.2, -0.15) is 0 Å². The molecule has 3 rings (SSSR count). The number of rotatable bonds is 4. The van der Waals surface area contributed by atoms with E-state index in [1.807, 2.05) is 0 Å². The van der Waals surface area contributed by atoms with Gasteiger partial charge in [-0.1, -0.05) is 0 Å². The predicted molar refractivity (Wildman–Crippen MR) is 91.4 cm³/mol. The number of likely N-dealkylation sites (tertiary alicyclic amines) is 1. The molecule has 1 N–H and O–H groups in total. The molecule has 0 saturated carbocycles. The van der Waals surface area contributed by atoms with Crippen molar-refractivity contribution in [1.29, 1.82) is 0 Å². The minimum absolute atomic E-state index is 0.197. The number of piperidine rings is 1. The highest BCUT2D eigenvalue weighted by Crippen LogP contribution is 2.26. The average Bonchev–Trinajstić information content (AvgIpc) is 2.99. The van der Waals surface area contributed by atoms with Crippen molar-refractivity contribution < 1.29 is 28.6 Å². The molecule has 1 aromatic carbocycles. The van der Waals surface area contributed by atoms with Crippen LogP contribution in [0.15, 0.2) is 18.2 Å². The minimum atomic E-state index is -0.596. The van der Waals surface area contributed by atoms with Gasteiger partial charge in [-0.25, -0.2) is 14.5 Å². The lowest BCUT2D eigenvalue weighted by atomic mass is 10.0. The summed E-state index contributed by atoms with van der Waals surface area (Å²) in [5, 5.41) is 2.82. The van der Waals surface area contributed by atoms with Gasteiger partial charge in [0, 0.05) is 43.0 Å². The maximum absolute atomic E-state index is 12.5. The summed E-state index contributed by atoms with van der Waals surface area (Å²) in [4.78, 5) is 38.7. The summed E-state index contributed by atoms with van der Waals surface area (Å²) in [5.74, 6) is 0.829. The van der Waals surface area contributed by atoms with Crippen LogP contribution in [0.3, 0.4) is 0 Å². The van der Waals surface area contributed by atoms with E-state index in [2.05, 4.69) is 5.32 Å². The summed E-state index contributed by atoms with van der Waals surface area (Å²) in [6.45, 7) is 0.681. The Bertz CT molecular complexity index is 676. The molecule has 9 nitrogen and oxygen atoms in total. The molecule has 0 spiro atoms. The Balaban J connectivity index is 1.59. The van der Waals surface area contributed by atoms with E-state index in [1.165, 1.54) is 19.1 Å². The van der Waals surface area contributed by atoms with Crippen LogP contribution >= 0.6 is 0 Å². The third-order valence-electron chi connectivity index (χ3n) is 4.50. The van der Waals surface area contributed by atoms with Crippen LogP contribution in [0.5, 0.6) is 11.5 Å². The molecule has 140 valence electrons. The summed E-state index contributed by atoms with van der Waals surface area (Å²) < 4.78 is 15.1. The molecule has 2 heterocycles. The molecular formula is C17H21N3O6. The molecule has 1 aromatic rings.